The Kier molecular flexibility index (Phi) is 3.27. The van der Waals surface area contributed by atoms with Crippen molar-refractivity contribution in [2.24, 2.45) is 0 Å². The predicted molar refractivity (Wildman–Crippen MR) is 85.3 cm³/mol. The summed E-state index contributed by atoms with van der Waals surface area (Å²) in [6.45, 7) is 0. The monoisotopic (exact) mass is 315 g/mol. The van der Waals surface area contributed by atoms with Gasteiger partial charge in [0.1, 0.15) is 10.6 Å². The number of phenols is 1. The summed E-state index contributed by atoms with van der Waals surface area (Å²) in [5.41, 5.74) is 7.59. The molecule has 0 saturated heterocycles. The van der Waals surface area contributed by atoms with Gasteiger partial charge in [-0.15, -0.1) is 0 Å². The highest BCUT2D eigenvalue weighted by Gasteiger charge is 2.16. The number of benzene rings is 3. The summed E-state index contributed by atoms with van der Waals surface area (Å²) in [7, 11) is -4.37. The van der Waals surface area contributed by atoms with Crippen LogP contribution >= 0.6 is 0 Å². The van der Waals surface area contributed by atoms with Gasteiger partial charge in [0.25, 0.3) is 10.1 Å². The van der Waals surface area contributed by atoms with Crippen LogP contribution in [-0.2, 0) is 10.1 Å². The van der Waals surface area contributed by atoms with Gasteiger partial charge >= 0.3 is 0 Å². The molecule has 0 fully saturated rings. The summed E-state index contributed by atoms with van der Waals surface area (Å²) in [5, 5.41) is 10.6. The van der Waals surface area contributed by atoms with E-state index in [-0.39, 0.29) is 16.3 Å². The lowest BCUT2D eigenvalue weighted by molar-refractivity contribution is 0.475. The molecule has 3 aromatic carbocycles. The second kappa shape index (κ2) is 5.01. The van der Waals surface area contributed by atoms with Crippen LogP contribution in [0.4, 0.5) is 5.69 Å². The van der Waals surface area contributed by atoms with Crippen LogP contribution < -0.4 is 5.73 Å². The van der Waals surface area contributed by atoms with E-state index in [1.54, 1.807) is 36.4 Å². The Labute approximate surface area is 127 Å². The molecule has 3 rings (SSSR count). The smallest absolute Gasteiger partial charge is 0.296 e. The molecule has 0 atom stereocenters. The fourth-order valence-electron chi connectivity index (χ4n) is 2.38. The van der Waals surface area contributed by atoms with Gasteiger partial charge in [-0.3, -0.25) is 4.55 Å². The normalized spacial score (nSPS) is 11.7. The van der Waals surface area contributed by atoms with Gasteiger partial charge < -0.3 is 10.8 Å². The largest absolute Gasteiger partial charge is 0.508 e. The van der Waals surface area contributed by atoms with Gasteiger partial charge in [0.15, 0.2) is 0 Å². The molecular weight excluding hydrogens is 302 g/mol. The highest BCUT2D eigenvalue weighted by Crippen LogP contribution is 2.32. The lowest BCUT2D eigenvalue weighted by atomic mass is 10.0. The maximum absolute atomic E-state index is 11.3. The minimum Gasteiger partial charge on any atom is -0.508 e. The van der Waals surface area contributed by atoms with Crippen molar-refractivity contribution < 1.29 is 18.1 Å². The molecule has 0 radical (unpaired) electrons. The molecule has 0 amide bonds. The zero-order valence-electron chi connectivity index (χ0n) is 11.4. The Bertz CT molecular complexity index is 963. The number of hydrogen-bond acceptors (Lipinski definition) is 4. The number of anilines is 1. The van der Waals surface area contributed by atoms with Crippen molar-refractivity contribution >= 4 is 26.6 Å². The second-order valence-electron chi connectivity index (χ2n) is 4.94. The first-order valence-electron chi connectivity index (χ1n) is 6.45. The Morgan fingerprint density at radius 3 is 2.09 bits per heavy atom. The lowest BCUT2D eigenvalue weighted by Crippen LogP contribution is -2.03. The molecule has 22 heavy (non-hydrogen) atoms. The number of rotatable bonds is 2. The van der Waals surface area contributed by atoms with E-state index in [1.165, 1.54) is 6.07 Å². The zero-order chi connectivity index (χ0) is 15.9. The molecule has 112 valence electrons. The minimum absolute atomic E-state index is 0.0145. The van der Waals surface area contributed by atoms with Crippen molar-refractivity contribution in [1.82, 2.24) is 0 Å². The fourth-order valence-corrected chi connectivity index (χ4v) is 3.01. The molecule has 0 spiro atoms. The van der Waals surface area contributed by atoms with Crippen molar-refractivity contribution in [3.05, 3.63) is 54.6 Å². The standard InChI is InChI=1S/C16H13NO4S/c17-16-14-9-12(10-3-6-13(18)7-4-10)2-1-11(14)5-8-15(16)22(19,20)21/h1-9,18H,17H2,(H,19,20,21). The van der Waals surface area contributed by atoms with Crippen molar-refractivity contribution in [1.29, 1.82) is 0 Å². The van der Waals surface area contributed by atoms with E-state index in [2.05, 4.69) is 0 Å². The summed E-state index contributed by atoms with van der Waals surface area (Å²) < 4.78 is 31.9. The second-order valence-corrected chi connectivity index (χ2v) is 6.33. The van der Waals surface area contributed by atoms with Gasteiger partial charge in [-0.1, -0.05) is 30.3 Å². The highest BCUT2D eigenvalue weighted by molar-refractivity contribution is 7.86. The molecule has 0 unspecified atom stereocenters. The van der Waals surface area contributed by atoms with Gasteiger partial charge in [0.05, 0.1) is 5.69 Å². The van der Waals surface area contributed by atoms with E-state index in [1.807, 2.05) is 12.1 Å². The van der Waals surface area contributed by atoms with Crippen LogP contribution in [0, 0.1) is 0 Å². The molecule has 0 heterocycles. The first-order chi connectivity index (χ1) is 10.4. The van der Waals surface area contributed by atoms with E-state index in [0.29, 0.717) is 5.39 Å². The molecule has 3 aromatic rings. The Balaban J connectivity index is 2.24. The topological polar surface area (TPSA) is 101 Å². The summed E-state index contributed by atoms with van der Waals surface area (Å²) in [6, 6.07) is 15.0. The Hall–Kier alpha value is -2.57. The molecule has 6 heteroatoms. The molecule has 4 N–H and O–H groups in total. The number of nitrogen functional groups attached to an aromatic ring is 1. The van der Waals surface area contributed by atoms with Crippen molar-refractivity contribution in [2.45, 2.75) is 4.90 Å². The van der Waals surface area contributed by atoms with Gasteiger partial charge in [0, 0.05) is 5.39 Å². The van der Waals surface area contributed by atoms with Gasteiger partial charge in [-0.25, -0.2) is 0 Å². The zero-order valence-corrected chi connectivity index (χ0v) is 12.2. The maximum atomic E-state index is 11.3. The van der Waals surface area contributed by atoms with Crippen LogP contribution in [0.15, 0.2) is 59.5 Å². The summed E-state index contributed by atoms with van der Waals surface area (Å²) in [5.74, 6) is 0.165. The van der Waals surface area contributed by atoms with Gasteiger partial charge in [-0.05, 0) is 40.8 Å². The summed E-state index contributed by atoms with van der Waals surface area (Å²) in [6.07, 6.45) is 0. The molecular formula is C16H13NO4S. The minimum atomic E-state index is -4.37. The average Bonchev–Trinajstić information content (AvgIpc) is 2.47. The van der Waals surface area contributed by atoms with Crippen molar-refractivity contribution in [2.75, 3.05) is 5.73 Å². The molecule has 0 aliphatic rings. The first-order valence-corrected chi connectivity index (χ1v) is 7.89. The number of hydrogen-bond donors (Lipinski definition) is 3. The number of phenolic OH excluding ortho intramolecular Hbond substituents is 1. The lowest BCUT2D eigenvalue weighted by Gasteiger charge is -2.09. The van der Waals surface area contributed by atoms with Gasteiger partial charge in [0.2, 0.25) is 0 Å². The van der Waals surface area contributed by atoms with E-state index < -0.39 is 10.1 Å². The molecule has 0 aliphatic heterocycles. The molecule has 0 bridgehead atoms. The van der Waals surface area contributed by atoms with Crippen LogP contribution in [0.5, 0.6) is 5.75 Å². The van der Waals surface area contributed by atoms with Crippen molar-refractivity contribution in [3.8, 4) is 16.9 Å². The third-order valence-electron chi connectivity index (χ3n) is 3.50. The summed E-state index contributed by atoms with van der Waals surface area (Å²) >= 11 is 0. The maximum Gasteiger partial charge on any atom is 0.296 e. The SMILES string of the molecule is Nc1c(S(=O)(=O)O)ccc2ccc(-c3ccc(O)cc3)cc12. The van der Waals surface area contributed by atoms with E-state index >= 15 is 0 Å². The van der Waals surface area contributed by atoms with E-state index in [9.17, 15) is 18.1 Å². The molecule has 0 aromatic heterocycles. The first kappa shape index (κ1) is 14.4. The van der Waals surface area contributed by atoms with Crippen LogP contribution in [0.25, 0.3) is 21.9 Å². The predicted octanol–water partition coefficient (Wildman–Crippen LogP) is 3.04. The van der Waals surface area contributed by atoms with Crippen LogP contribution in [0.1, 0.15) is 0 Å². The Morgan fingerprint density at radius 1 is 0.864 bits per heavy atom. The van der Waals surface area contributed by atoms with Crippen LogP contribution in [0.2, 0.25) is 0 Å². The number of nitrogens with two attached hydrogens (primary N) is 1. The van der Waals surface area contributed by atoms with Crippen molar-refractivity contribution in [3.63, 3.8) is 0 Å². The van der Waals surface area contributed by atoms with Crippen LogP contribution in [-0.4, -0.2) is 18.1 Å². The van der Waals surface area contributed by atoms with E-state index in [0.717, 1.165) is 16.5 Å². The molecule has 0 aliphatic carbocycles. The third kappa shape index (κ3) is 2.49. The molecule has 0 saturated carbocycles. The quantitative estimate of drug-likeness (QED) is 0.498. The fraction of sp³-hybridized carbons (Fsp3) is 0. The molecule has 5 nitrogen and oxygen atoms in total. The number of aromatic hydroxyl groups is 1. The highest BCUT2D eigenvalue weighted by atomic mass is 32.2. The van der Waals surface area contributed by atoms with Crippen LogP contribution in [0.3, 0.4) is 0 Å². The number of fused-ring (bicyclic) bond motifs is 1. The Morgan fingerprint density at radius 2 is 1.45 bits per heavy atom. The summed E-state index contributed by atoms with van der Waals surface area (Å²) in [4.78, 5) is -0.303. The average molecular weight is 315 g/mol. The van der Waals surface area contributed by atoms with E-state index in [4.69, 9.17) is 5.73 Å². The third-order valence-corrected chi connectivity index (χ3v) is 4.41. The van der Waals surface area contributed by atoms with Gasteiger partial charge in [-0.2, -0.15) is 8.42 Å².